The molecule has 5 heteroatoms. The zero-order chi connectivity index (χ0) is 12.9. The van der Waals surface area contributed by atoms with Gasteiger partial charge in [0.2, 0.25) is 5.91 Å². The number of nitrogens with zero attached hydrogens (tertiary/aromatic N) is 1. The van der Waals surface area contributed by atoms with Crippen LogP contribution in [-0.4, -0.2) is 53.9 Å². The molecule has 0 atom stereocenters. The molecule has 1 amide bonds. The minimum Gasteiger partial charge on any atom is -0.396 e. The number of aliphatic hydroxyl groups is 2. The number of nitrogens with two attached hydrogens (primary N) is 1. The third-order valence-electron chi connectivity index (χ3n) is 3.57. The molecule has 1 aliphatic heterocycles. The highest BCUT2D eigenvalue weighted by molar-refractivity contribution is 5.73. The van der Waals surface area contributed by atoms with Gasteiger partial charge in [0.15, 0.2) is 0 Å². The molecular weight excluding hydrogens is 220 g/mol. The molecule has 0 aliphatic carbocycles. The molecule has 1 fully saturated rings. The molecule has 5 nitrogen and oxygen atoms in total. The number of amides is 1. The summed E-state index contributed by atoms with van der Waals surface area (Å²) >= 11 is 0. The Morgan fingerprint density at radius 1 is 1.35 bits per heavy atom. The van der Waals surface area contributed by atoms with Gasteiger partial charge in [0.1, 0.15) is 0 Å². The molecule has 0 saturated carbocycles. The van der Waals surface area contributed by atoms with Crippen molar-refractivity contribution in [3.05, 3.63) is 0 Å². The number of hydrogen-bond acceptors (Lipinski definition) is 4. The van der Waals surface area contributed by atoms with Crippen LogP contribution in [0.5, 0.6) is 0 Å². The SMILES string of the molecule is CC(CO)(CO)CN1CCC(CC(N)=O)CC1. The lowest BCUT2D eigenvalue weighted by Gasteiger charge is -2.37. The quantitative estimate of drug-likeness (QED) is 0.591. The van der Waals surface area contributed by atoms with Crippen molar-refractivity contribution in [2.45, 2.75) is 26.2 Å². The first-order valence-corrected chi connectivity index (χ1v) is 6.21. The van der Waals surface area contributed by atoms with Crippen LogP contribution in [0, 0.1) is 11.3 Å². The van der Waals surface area contributed by atoms with Gasteiger partial charge in [-0.15, -0.1) is 0 Å². The van der Waals surface area contributed by atoms with Crippen molar-refractivity contribution in [1.82, 2.24) is 4.90 Å². The fourth-order valence-electron chi connectivity index (χ4n) is 2.32. The highest BCUT2D eigenvalue weighted by Crippen LogP contribution is 2.24. The number of likely N-dealkylation sites (tertiary alicyclic amines) is 1. The summed E-state index contributed by atoms with van der Waals surface area (Å²) < 4.78 is 0. The summed E-state index contributed by atoms with van der Waals surface area (Å²) in [5.74, 6) is 0.178. The highest BCUT2D eigenvalue weighted by atomic mass is 16.3. The van der Waals surface area contributed by atoms with Crippen LogP contribution in [0.25, 0.3) is 0 Å². The second kappa shape index (κ2) is 6.33. The van der Waals surface area contributed by atoms with Gasteiger partial charge in [-0.2, -0.15) is 0 Å². The van der Waals surface area contributed by atoms with Crippen LogP contribution in [0.4, 0.5) is 0 Å². The molecule has 100 valence electrons. The van der Waals surface area contributed by atoms with E-state index < -0.39 is 5.41 Å². The van der Waals surface area contributed by atoms with Gasteiger partial charge in [0.05, 0.1) is 13.2 Å². The van der Waals surface area contributed by atoms with Crippen molar-refractivity contribution >= 4 is 5.91 Å². The van der Waals surface area contributed by atoms with Crippen molar-refractivity contribution in [1.29, 1.82) is 0 Å². The van der Waals surface area contributed by atoms with Crippen LogP contribution >= 0.6 is 0 Å². The molecule has 1 rings (SSSR count). The molecular formula is C12H24N2O3. The van der Waals surface area contributed by atoms with Crippen LogP contribution < -0.4 is 5.73 Å². The molecule has 0 bridgehead atoms. The number of rotatable bonds is 6. The van der Waals surface area contributed by atoms with Gasteiger partial charge >= 0.3 is 0 Å². The lowest BCUT2D eigenvalue weighted by molar-refractivity contribution is -0.119. The zero-order valence-electron chi connectivity index (χ0n) is 10.6. The molecule has 4 N–H and O–H groups in total. The zero-order valence-corrected chi connectivity index (χ0v) is 10.6. The first-order valence-electron chi connectivity index (χ1n) is 6.21. The molecule has 17 heavy (non-hydrogen) atoms. The average Bonchev–Trinajstić information content (AvgIpc) is 2.31. The van der Waals surface area contributed by atoms with Crippen molar-refractivity contribution in [2.24, 2.45) is 17.1 Å². The third-order valence-corrected chi connectivity index (χ3v) is 3.57. The normalized spacial score (nSPS) is 19.5. The van der Waals surface area contributed by atoms with Gasteiger partial charge in [-0.1, -0.05) is 6.92 Å². The van der Waals surface area contributed by atoms with Crippen LogP contribution in [0.3, 0.4) is 0 Å². The number of primary amides is 1. The molecule has 1 heterocycles. The highest BCUT2D eigenvalue weighted by Gasteiger charge is 2.28. The van der Waals surface area contributed by atoms with E-state index in [-0.39, 0.29) is 19.1 Å². The maximum absolute atomic E-state index is 10.8. The van der Waals surface area contributed by atoms with Gasteiger partial charge in [0.25, 0.3) is 0 Å². The summed E-state index contributed by atoms with van der Waals surface area (Å²) in [6.45, 7) is 4.38. The number of hydrogen-bond donors (Lipinski definition) is 3. The Kier molecular flexibility index (Phi) is 5.36. The Hall–Kier alpha value is -0.650. The van der Waals surface area contributed by atoms with Crippen LogP contribution in [0.2, 0.25) is 0 Å². The average molecular weight is 244 g/mol. The maximum Gasteiger partial charge on any atom is 0.217 e. The summed E-state index contributed by atoms with van der Waals surface area (Å²) in [5.41, 5.74) is 4.75. The van der Waals surface area contributed by atoms with Crippen molar-refractivity contribution in [3.8, 4) is 0 Å². The first kappa shape index (κ1) is 14.4. The van der Waals surface area contributed by atoms with E-state index in [2.05, 4.69) is 4.90 Å². The van der Waals surface area contributed by atoms with Gasteiger partial charge in [-0.05, 0) is 31.8 Å². The van der Waals surface area contributed by atoms with Crippen LogP contribution in [0.15, 0.2) is 0 Å². The fourth-order valence-corrected chi connectivity index (χ4v) is 2.32. The van der Waals surface area contributed by atoms with Crippen molar-refractivity contribution in [3.63, 3.8) is 0 Å². The summed E-state index contributed by atoms with van der Waals surface area (Å²) in [6.07, 6.45) is 2.41. The smallest absolute Gasteiger partial charge is 0.217 e. The standard InChI is InChI=1S/C12H24N2O3/c1-12(8-15,9-16)7-14-4-2-10(3-5-14)6-11(13)17/h10,15-16H,2-9H2,1H3,(H2,13,17). The second-order valence-corrected chi connectivity index (χ2v) is 5.52. The Morgan fingerprint density at radius 2 is 1.88 bits per heavy atom. The van der Waals surface area contributed by atoms with Crippen molar-refractivity contribution < 1.29 is 15.0 Å². The molecule has 0 radical (unpaired) electrons. The Morgan fingerprint density at radius 3 is 2.29 bits per heavy atom. The lowest BCUT2D eigenvalue weighted by Crippen LogP contribution is -2.44. The van der Waals surface area contributed by atoms with Gasteiger partial charge < -0.3 is 20.8 Å². The monoisotopic (exact) mass is 244 g/mol. The summed E-state index contributed by atoms with van der Waals surface area (Å²) in [5, 5.41) is 18.5. The van der Waals surface area contributed by atoms with E-state index in [4.69, 9.17) is 5.73 Å². The molecule has 1 aliphatic rings. The number of carbonyl (C=O) groups excluding carboxylic acids is 1. The van der Waals surface area contributed by atoms with E-state index in [1.54, 1.807) is 0 Å². The topological polar surface area (TPSA) is 86.8 Å². The Labute approximate surface area is 103 Å². The Balaban J connectivity index is 2.34. The minimum absolute atomic E-state index is 0.00921. The van der Waals surface area contributed by atoms with E-state index in [9.17, 15) is 15.0 Å². The first-order chi connectivity index (χ1) is 7.99. The van der Waals surface area contributed by atoms with Gasteiger partial charge in [0, 0.05) is 18.4 Å². The van der Waals surface area contributed by atoms with E-state index in [1.807, 2.05) is 6.92 Å². The lowest BCUT2D eigenvalue weighted by atomic mass is 9.89. The molecule has 0 aromatic rings. The summed E-state index contributed by atoms with van der Waals surface area (Å²) in [6, 6.07) is 0. The third kappa shape index (κ3) is 4.61. The van der Waals surface area contributed by atoms with E-state index in [0.29, 0.717) is 18.9 Å². The predicted octanol–water partition coefficient (Wildman–Crippen LogP) is -0.435. The number of piperidine rings is 1. The molecule has 1 saturated heterocycles. The summed E-state index contributed by atoms with van der Waals surface area (Å²) in [7, 11) is 0. The maximum atomic E-state index is 10.8. The molecule has 0 aromatic carbocycles. The minimum atomic E-state index is -0.434. The Bertz CT molecular complexity index is 246. The van der Waals surface area contributed by atoms with Crippen LogP contribution in [0.1, 0.15) is 26.2 Å². The number of aliphatic hydroxyl groups excluding tert-OH is 2. The largest absolute Gasteiger partial charge is 0.396 e. The molecule has 0 aromatic heterocycles. The van der Waals surface area contributed by atoms with Crippen LogP contribution in [-0.2, 0) is 4.79 Å². The van der Waals surface area contributed by atoms with Gasteiger partial charge in [-0.25, -0.2) is 0 Å². The van der Waals surface area contributed by atoms with Crippen molar-refractivity contribution in [2.75, 3.05) is 32.8 Å². The summed E-state index contributed by atoms with van der Waals surface area (Å²) in [4.78, 5) is 13.1. The molecule has 0 spiro atoms. The predicted molar refractivity (Wildman–Crippen MR) is 65.3 cm³/mol. The second-order valence-electron chi connectivity index (χ2n) is 5.52. The molecule has 0 unspecified atom stereocenters. The number of carbonyl (C=O) groups is 1. The van der Waals surface area contributed by atoms with E-state index in [1.165, 1.54) is 0 Å². The van der Waals surface area contributed by atoms with E-state index >= 15 is 0 Å². The van der Waals surface area contributed by atoms with E-state index in [0.717, 1.165) is 25.9 Å². The van der Waals surface area contributed by atoms with Gasteiger partial charge in [-0.3, -0.25) is 4.79 Å². The fraction of sp³-hybridized carbons (Fsp3) is 0.917.